The minimum Gasteiger partial charge on any atom is -0.325 e. The molecule has 0 aliphatic heterocycles. The first-order valence-electron chi connectivity index (χ1n) is 6.95. The Morgan fingerprint density at radius 2 is 1.67 bits per heavy atom. The quantitative estimate of drug-likeness (QED) is 0.801. The third-order valence-electron chi connectivity index (χ3n) is 3.27. The van der Waals surface area contributed by atoms with Crippen LogP contribution in [0, 0.1) is 12.3 Å². The molecular weight excluding hydrogens is 282 g/mol. The van der Waals surface area contributed by atoms with Crippen molar-refractivity contribution in [2.75, 3.05) is 5.32 Å². The lowest BCUT2D eigenvalue weighted by Gasteiger charge is -2.19. The zero-order valence-corrected chi connectivity index (χ0v) is 13.6. The van der Waals surface area contributed by atoms with Gasteiger partial charge in [0.15, 0.2) is 0 Å². The van der Waals surface area contributed by atoms with Crippen LogP contribution in [0.1, 0.15) is 26.3 Å². The van der Waals surface area contributed by atoms with Gasteiger partial charge in [-0.05, 0) is 30.7 Å². The average molecular weight is 302 g/mol. The van der Waals surface area contributed by atoms with E-state index >= 15 is 0 Å². The summed E-state index contributed by atoms with van der Waals surface area (Å²) in [6.07, 6.45) is 0. The first kappa shape index (κ1) is 15.6. The van der Waals surface area contributed by atoms with Crippen LogP contribution in [-0.4, -0.2) is 5.91 Å². The number of anilines is 1. The molecule has 0 bridgehead atoms. The summed E-state index contributed by atoms with van der Waals surface area (Å²) in [4.78, 5) is 12.2. The van der Waals surface area contributed by atoms with Gasteiger partial charge in [0.05, 0.1) is 0 Å². The van der Waals surface area contributed by atoms with Gasteiger partial charge in [-0.3, -0.25) is 4.79 Å². The SMILES string of the molecule is Cc1ccc(-c2cc(Cl)ccc2NC(=O)C(C)(C)C)cc1. The number of hydrogen-bond donors (Lipinski definition) is 1. The largest absolute Gasteiger partial charge is 0.325 e. The van der Waals surface area contributed by atoms with Gasteiger partial charge in [-0.15, -0.1) is 0 Å². The van der Waals surface area contributed by atoms with Crippen LogP contribution in [0.15, 0.2) is 42.5 Å². The van der Waals surface area contributed by atoms with Gasteiger partial charge in [-0.1, -0.05) is 62.2 Å². The molecule has 21 heavy (non-hydrogen) atoms. The Morgan fingerprint density at radius 1 is 1.05 bits per heavy atom. The molecule has 0 aliphatic rings. The second-order valence-electron chi connectivity index (χ2n) is 6.26. The monoisotopic (exact) mass is 301 g/mol. The minimum atomic E-state index is -0.440. The standard InChI is InChI=1S/C18H20ClNO/c1-12-5-7-13(8-6-12)15-11-14(19)9-10-16(15)20-17(21)18(2,3)4/h5-11H,1-4H3,(H,20,21). The molecule has 2 aromatic carbocycles. The van der Waals surface area contributed by atoms with Crippen LogP contribution in [0.25, 0.3) is 11.1 Å². The Balaban J connectivity index is 2.43. The molecule has 2 rings (SSSR count). The first-order valence-corrected chi connectivity index (χ1v) is 7.33. The summed E-state index contributed by atoms with van der Waals surface area (Å²) in [5.74, 6) is -0.0156. The Bertz CT molecular complexity index is 654. The Kier molecular flexibility index (Phi) is 4.38. The lowest BCUT2D eigenvalue weighted by molar-refractivity contribution is -0.123. The fourth-order valence-corrected chi connectivity index (χ4v) is 2.08. The van der Waals surface area contributed by atoms with Crippen molar-refractivity contribution in [1.29, 1.82) is 0 Å². The fourth-order valence-electron chi connectivity index (χ4n) is 1.91. The molecule has 0 aliphatic carbocycles. The van der Waals surface area contributed by atoms with E-state index in [1.54, 1.807) is 6.07 Å². The molecule has 2 nitrogen and oxygen atoms in total. The lowest BCUT2D eigenvalue weighted by atomic mass is 9.95. The van der Waals surface area contributed by atoms with E-state index in [4.69, 9.17) is 11.6 Å². The number of amides is 1. The molecule has 0 radical (unpaired) electrons. The number of nitrogens with one attached hydrogen (secondary N) is 1. The van der Waals surface area contributed by atoms with E-state index in [0.29, 0.717) is 5.02 Å². The predicted octanol–water partition coefficient (Wildman–Crippen LogP) is 5.30. The van der Waals surface area contributed by atoms with E-state index in [2.05, 4.69) is 5.32 Å². The molecule has 0 saturated carbocycles. The maximum absolute atomic E-state index is 12.2. The molecule has 0 saturated heterocycles. The van der Waals surface area contributed by atoms with Crippen LogP contribution < -0.4 is 5.32 Å². The second kappa shape index (κ2) is 5.90. The van der Waals surface area contributed by atoms with Gasteiger partial charge in [0.25, 0.3) is 0 Å². The van der Waals surface area contributed by atoms with E-state index in [-0.39, 0.29) is 5.91 Å². The van der Waals surface area contributed by atoms with Crippen LogP contribution in [0.2, 0.25) is 5.02 Å². The highest BCUT2D eigenvalue weighted by atomic mass is 35.5. The van der Waals surface area contributed by atoms with Crippen molar-refractivity contribution < 1.29 is 4.79 Å². The van der Waals surface area contributed by atoms with Gasteiger partial charge in [0, 0.05) is 21.7 Å². The third kappa shape index (κ3) is 3.85. The fraction of sp³-hybridized carbons (Fsp3) is 0.278. The number of benzene rings is 2. The van der Waals surface area contributed by atoms with Crippen molar-refractivity contribution in [2.24, 2.45) is 5.41 Å². The van der Waals surface area contributed by atoms with Gasteiger partial charge in [-0.25, -0.2) is 0 Å². The molecule has 1 N–H and O–H groups in total. The Morgan fingerprint density at radius 3 is 2.24 bits per heavy atom. The van der Waals surface area contributed by atoms with Crippen molar-refractivity contribution >= 4 is 23.2 Å². The van der Waals surface area contributed by atoms with Crippen LogP contribution >= 0.6 is 11.6 Å². The molecule has 1 amide bonds. The predicted molar refractivity (Wildman–Crippen MR) is 89.7 cm³/mol. The van der Waals surface area contributed by atoms with E-state index in [0.717, 1.165) is 16.8 Å². The van der Waals surface area contributed by atoms with Crippen LogP contribution in [0.4, 0.5) is 5.69 Å². The van der Waals surface area contributed by atoms with Gasteiger partial charge in [0.2, 0.25) is 5.91 Å². The van der Waals surface area contributed by atoms with Crippen LogP contribution in [0.5, 0.6) is 0 Å². The zero-order chi connectivity index (χ0) is 15.6. The van der Waals surface area contributed by atoms with Crippen molar-refractivity contribution in [1.82, 2.24) is 0 Å². The highest BCUT2D eigenvalue weighted by molar-refractivity contribution is 6.31. The van der Waals surface area contributed by atoms with Gasteiger partial charge >= 0.3 is 0 Å². The number of hydrogen-bond acceptors (Lipinski definition) is 1. The van der Waals surface area contributed by atoms with Crippen molar-refractivity contribution in [3.05, 3.63) is 53.1 Å². The second-order valence-corrected chi connectivity index (χ2v) is 6.70. The summed E-state index contributed by atoms with van der Waals surface area (Å²) in [5, 5.41) is 3.65. The highest BCUT2D eigenvalue weighted by Crippen LogP contribution is 2.32. The maximum Gasteiger partial charge on any atom is 0.229 e. The summed E-state index contributed by atoms with van der Waals surface area (Å²) in [6.45, 7) is 7.72. The summed E-state index contributed by atoms with van der Waals surface area (Å²) in [6, 6.07) is 13.7. The molecule has 2 aromatic rings. The highest BCUT2D eigenvalue weighted by Gasteiger charge is 2.22. The zero-order valence-electron chi connectivity index (χ0n) is 12.8. The molecule has 0 heterocycles. The average Bonchev–Trinajstić information content (AvgIpc) is 2.40. The summed E-state index contributed by atoms with van der Waals surface area (Å²) in [5.41, 5.74) is 3.50. The normalized spacial score (nSPS) is 11.3. The van der Waals surface area contributed by atoms with Gasteiger partial charge in [-0.2, -0.15) is 0 Å². The van der Waals surface area contributed by atoms with Gasteiger partial charge < -0.3 is 5.32 Å². The molecule has 0 fully saturated rings. The lowest BCUT2D eigenvalue weighted by Crippen LogP contribution is -2.27. The van der Waals surface area contributed by atoms with Crippen LogP contribution in [0.3, 0.4) is 0 Å². The number of carbonyl (C=O) groups excluding carboxylic acids is 1. The minimum absolute atomic E-state index is 0.0156. The molecular formula is C18H20ClNO. The Hall–Kier alpha value is -1.80. The number of halogens is 1. The summed E-state index contributed by atoms with van der Waals surface area (Å²) in [7, 11) is 0. The number of rotatable bonds is 2. The number of carbonyl (C=O) groups is 1. The Labute approximate surface area is 131 Å². The molecule has 0 atom stereocenters. The van der Waals surface area contributed by atoms with Crippen LogP contribution in [-0.2, 0) is 4.79 Å². The van der Waals surface area contributed by atoms with Crippen molar-refractivity contribution in [3.63, 3.8) is 0 Å². The topological polar surface area (TPSA) is 29.1 Å². The van der Waals surface area contributed by atoms with E-state index in [1.807, 2.05) is 64.1 Å². The molecule has 0 unspecified atom stereocenters. The molecule has 110 valence electrons. The van der Waals surface area contributed by atoms with E-state index in [9.17, 15) is 4.79 Å². The van der Waals surface area contributed by atoms with Crippen molar-refractivity contribution in [2.45, 2.75) is 27.7 Å². The maximum atomic E-state index is 12.2. The first-order chi connectivity index (χ1) is 9.77. The smallest absolute Gasteiger partial charge is 0.229 e. The molecule has 3 heteroatoms. The third-order valence-corrected chi connectivity index (χ3v) is 3.51. The molecule has 0 aromatic heterocycles. The van der Waals surface area contributed by atoms with E-state index < -0.39 is 5.41 Å². The van der Waals surface area contributed by atoms with Gasteiger partial charge in [0.1, 0.15) is 0 Å². The summed E-state index contributed by atoms with van der Waals surface area (Å²) >= 11 is 6.11. The number of aryl methyl sites for hydroxylation is 1. The van der Waals surface area contributed by atoms with Crippen molar-refractivity contribution in [3.8, 4) is 11.1 Å². The summed E-state index contributed by atoms with van der Waals surface area (Å²) < 4.78 is 0. The van der Waals surface area contributed by atoms with E-state index in [1.165, 1.54) is 5.56 Å². The molecule has 0 spiro atoms.